The van der Waals surface area contributed by atoms with Crippen LogP contribution in [-0.4, -0.2) is 11.3 Å². The normalized spacial score (nSPS) is 10.8. The summed E-state index contributed by atoms with van der Waals surface area (Å²) in [6, 6.07) is 9.88. The van der Waals surface area contributed by atoms with Crippen molar-refractivity contribution in [3.63, 3.8) is 0 Å². The zero-order valence-electron chi connectivity index (χ0n) is 10.8. The van der Waals surface area contributed by atoms with E-state index in [9.17, 15) is 13.2 Å². The van der Waals surface area contributed by atoms with Crippen LogP contribution in [0.25, 0.3) is 0 Å². The minimum atomic E-state index is -4.73. The third-order valence-corrected chi connectivity index (χ3v) is 2.34. The summed E-state index contributed by atoms with van der Waals surface area (Å²) < 4.78 is 45.2. The Hall–Kier alpha value is -2.75. The molecule has 0 radical (unpaired) electrons. The fourth-order valence-electron chi connectivity index (χ4n) is 1.59. The summed E-state index contributed by atoms with van der Waals surface area (Å²) in [4.78, 5) is 4.07. The maximum Gasteiger partial charge on any atom is 0.573 e. The average molecular weight is 294 g/mol. The Kier molecular flexibility index (Phi) is 3.98. The lowest BCUT2D eigenvalue weighted by atomic mass is 10.2. The van der Waals surface area contributed by atoms with Gasteiger partial charge in [0.25, 0.3) is 0 Å². The molecule has 0 saturated carbocycles. The van der Waals surface area contributed by atoms with E-state index in [1.807, 2.05) is 6.07 Å². The van der Waals surface area contributed by atoms with Gasteiger partial charge in [0.1, 0.15) is 11.5 Å². The van der Waals surface area contributed by atoms with Crippen LogP contribution in [0.4, 0.5) is 13.2 Å². The molecule has 1 aromatic carbocycles. The number of halogens is 3. The minimum Gasteiger partial charge on any atom is -0.439 e. The molecule has 0 amide bonds. The molecular formula is C14H9F3N2O2. The van der Waals surface area contributed by atoms with E-state index in [4.69, 9.17) is 10.00 Å². The Bertz CT molecular complexity index is 676. The van der Waals surface area contributed by atoms with Crippen molar-refractivity contribution < 1.29 is 22.6 Å². The lowest BCUT2D eigenvalue weighted by molar-refractivity contribution is -0.274. The highest BCUT2D eigenvalue weighted by Gasteiger charge is 2.30. The molecule has 1 heterocycles. The molecule has 2 rings (SSSR count). The van der Waals surface area contributed by atoms with Gasteiger partial charge in [-0.15, -0.1) is 13.2 Å². The van der Waals surface area contributed by atoms with Gasteiger partial charge in [-0.05, 0) is 37.3 Å². The van der Waals surface area contributed by atoms with Crippen molar-refractivity contribution >= 4 is 0 Å². The lowest BCUT2D eigenvalue weighted by Crippen LogP contribution is -2.16. The van der Waals surface area contributed by atoms with E-state index < -0.39 is 6.36 Å². The average Bonchev–Trinajstić information content (AvgIpc) is 2.38. The maximum atomic E-state index is 12.0. The number of pyridine rings is 1. The van der Waals surface area contributed by atoms with E-state index in [1.54, 1.807) is 13.0 Å². The Labute approximate surface area is 118 Å². The number of ether oxygens (including phenoxy) is 2. The second-order valence-corrected chi connectivity index (χ2v) is 4.07. The number of benzene rings is 1. The highest BCUT2D eigenvalue weighted by atomic mass is 19.4. The van der Waals surface area contributed by atoms with Crippen LogP contribution in [0.2, 0.25) is 0 Å². The van der Waals surface area contributed by atoms with E-state index in [2.05, 4.69) is 9.72 Å². The third kappa shape index (κ3) is 4.38. The van der Waals surface area contributed by atoms with Gasteiger partial charge in [-0.3, -0.25) is 0 Å². The van der Waals surface area contributed by atoms with Crippen molar-refractivity contribution in [2.75, 3.05) is 0 Å². The fraction of sp³-hybridized carbons (Fsp3) is 0.143. The van der Waals surface area contributed by atoms with Crippen LogP contribution in [0, 0.1) is 18.3 Å². The number of alkyl halides is 3. The summed E-state index contributed by atoms with van der Waals surface area (Å²) >= 11 is 0. The van der Waals surface area contributed by atoms with Gasteiger partial charge in [0, 0.05) is 11.8 Å². The SMILES string of the molecule is Cc1cc(C#N)cc(Oc2ccc(OC(F)(F)F)cc2)n1. The van der Waals surface area contributed by atoms with Gasteiger partial charge in [0.2, 0.25) is 5.88 Å². The van der Waals surface area contributed by atoms with Crippen LogP contribution >= 0.6 is 0 Å². The van der Waals surface area contributed by atoms with Crippen molar-refractivity contribution in [1.29, 1.82) is 5.26 Å². The summed E-state index contributed by atoms with van der Waals surface area (Å²) in [5.74, 6) is 0.132. The summed E-state index contributed by atoms with van der Waals surface area (Å²) in [6.45, 7) is 1.70. The van der Waals surface area contributed by atoms with E-state index in [-0.39, 0.29) is 17.4 Å². The van der Waals surface area contributed by atoms with Gasteiger partial charge in [-0.2, -0.15) is 5.26 Å². The van der Waals surface area contributed by atoms with E-state index >= 15 is 0 Å². The second kappa shape index (κ2) is 5.71. The minimum absolute atomic E-state index is 0.191. The van der Waals surface area contributed by atoms with Crippen molar-refractivity contribution in [2.24, 2.45) is 0 Å². The predicted octanol–water partition coefficient (Wildman–Crippen LogP) is 3.95. The van der Waals surface area contributed by atoms with Gasteiger partial charge in [0.05, 0.1) is 11.6 Å². The van der Waals surface area contributed by atoms with Gasteiger partial charge in [0.15, 0.2) is 0 Å². The van der Waals surface area contributed by atoms with Gasteiger partial charge >= 0.3 is 6.36 Å². The van der Waals surface area contributed by atoms with Crippen LogP contribution < -0.4 is 9.47 Å². The van der Waals surface area contributed by atoms with Crippen molar-refractivity contribution in [3.8, 4) is 23.4 Å². The number of nitriles is 1. The van der Waals surface area contributed by atoms with E-state index in [1.165, 1.54) is 18.2 Å². The fourth-order valence-corrected chi connectivity index (χ4v) is 1.59. The molecule has 0 aliphatic heterocycles. The first-order valence-corrected chi connectivity index (χ1v) is 5.78. The number of rotatable bonds is 3. The quantitative estimate of drug-likeness (QED) is 0.860. The molecule has 0 saturated heterocycles. The van der Waals surface area contributed by atoms with Crippen LogP contribution in [0.1, 0.15) is 11.3 Å². The van der Waals surface area contributed by atoms with Crippen molar-refractivity contribution in [3.05, 3.63) is 47.7 Å². The summed E-state index contributed by atoms with van der Waals surface area (Å²) in [5.41, 5.74) is 0.982. The van der Waals surface area contributed by atoms with Gasteiger partial charge < -0.3 is 9.47 Å². The zero-order chi connectivity index (χ0) is 15.5. The van der Waals surface area contributed by atoms with Gasteiger partial charge in [-0.25, -0.2) is 4.98 Å². The molecule has 108 valence electrons. The second-order valence-electron chi connectivity index (χ2n) is 4.07. The predicted molar refractivity (Wildman–Crippen MR) is 66.9 cm³/mol. The third-order valence-electron chi connectivity index (χ3n) is 2.34. The molecule has 0 N–H and O–H groups in total. The molecular weight excluding hydrogens is 285 g/mol. The topological polar surface area (TPSA) is 55.1 Å². The van der Waals surface area contributed by atoms with E-state index in [0.29, 0.717) is 11.3 Å². The highest BCUT2D eigenvalue weighted by molar-refractivity contribution is 5.38. The Morgan fingerprint density at radius 3 is 2.29 bits per heavy atom. The number of hydrogen-bond acceptors (Lipinski definition) is 4. The summed E-state index contributed by atoms with van der Waals surface area (Å²) in [6.07, 6.45) is -4.73. The summed E-state index contributed by atoms with van der Waals surface area (Å²) in [5, 5.41) is 8.84. The molecule has 0 fully saturated rings. The molecule has 0 aliphatic carbocycles. The molecule has 0 atom stereocenters. The first kappa shape index (κ1) is 14.7. The first-order chi connectivity index (χ1) is 9.85. The molecule has 0 unspecified atom stereocenters. The maximum absolute atomic E-state index is 12.0. The number of nitrogens with zero attached hydrogens (tertiary/aromatic N) is 2. The van der Waals surface area contributed by atoms with Crippen molar-refractivity contribution in [2.45, 2.75) is 13.3 Å². The largest absolute Gasteiger partial charge is 0.573 e. The number of aromatic nitrogens is 1. The lowest BCUT2D eigenvalue weighted by Gasteiger charge is -2.10. The molecule has 21 heavy (non-hydrogen) atoms. The Morgan fingerprint density at radius 1 is 1.10 bits per heavy atom. The first-order valence-electron chi connectivity index (χ1n) is 5.78. The molecule has 7 heteroatoms. The summed E-state index contributed by atoms with van der Waals surface area (Å²) in [7, 11) is 0. The standard InChI is InChI=1S/C14H9F3N2O2/c1-9-6-10(8-18)7-13(19-9)20-11-2-4-12(5-3-11)21-14(15,16)17/h2-7H,1H3. The van der Waals surface area contributed by atoms with Crippen LogP contribution in [0.15, 0.2) is 36.4 Å². The number of hydrogen-bond donors (Lipinski definition) is 0. The Balaban J connectivity index is 2.14. The molecule has 2 aromatic rings. The zero-order valence-corrected chi connectivity index (χ0v) is 10.8. The molecule has 0 bridgehead atoms. The van der Waals surface area contributed by atoms with Crippen LogP contribution in [0.5, 0.6) is 17.4 Å². The highest BCUT2D eigenvalue weighted by Crippen LogP contribution is 2.27. The monoisotopic (exact) mass is 294 g/mol. The molecule has 4 nitrogen and oxygen atoms in total. The van der Waals surface area contributed by atoms with E-state index in [0.717, 1.165) is 12.1 Å². The van der Waals surface area contributed by atoms with Crippen LogP contribution in [-0.2, 0) is 0 Å². The van der Waals surface area contributed by atoms with Gasteiger partial charge in [-0.1, -0.05) is 0 Å². The van der Waals surface area contributed by atoms with Crippen molar-refractivity contribution in [1.82, 2.24) is 4.98 Å². The Morgan fingerprint density at radius 2 is 1.71 bits per heavy atom. The molecule has 0 aliphatic rings. The molecule has 0 spiro atoms. The van der Waals surface area contributed by atoms with Crippen LogP contribution in [0.3, 0.4) is 0 Å². The smallest absolute Gasteiger partial charge is 0.439 e. The number of aryl methyl sites for hydroxylation is 1. The molecule has 1 aromatic heterocycles.